The number of unbranched alkanes of at least 4 members (excludes halogenated alkanes) is 1. The third-order valence-electron chi connectivity index (χ3n) is 9.90. The van der Waals surface area contributed by atoms with Gasteiger partial charge in [0, 0.05) is 25.9 Å². The first-order valence-electron chi connectivity index (χ1n) is 18.2. The molecule has 0 spiro atoms. The summed E-state index contributed by atoms with van der Waals surface area (Å²) in [4.78, 5) is 13.1. The van der Waals surface area contributed by atoms with Gasteiger partial charge in [-0.3, -0.25) is 4.79 Å². The maximum atomic E-state index is 13.1. The van der Waals surface area contributed by atoms with Crippen LogP contribution >= 0.6 is 0 Å². The normalized spacial score (nSPS) is 24.7. The smallest absolute Gasteiger partial charge is 0.261 e. The third kappa shape index (κ3) is 10.2. The maximum Gasteiger partial charge on any atom is 0.261 e. The van der Waals surface area contributed by atoms with E-state index in [1.54, 1.807) is 0 Å². The number of benzene rings is 2. The number of hydrogen-bond acceptors (Lipinski definition) is 6. The minimum absolute atomic E-state index is 0.0381. The molecule has 0 N–H and O–H groups in total. The van der Waals surface area contributed by atoms with E-state index in [0.29, 0.717) is 19.4 Å². The van der Waals surface area contributed by atoms with Gasteiger partial charge in [0.25, 0.3) is 8.32 Å². The van der Waals surface area contributed by atoms with Crippen LogP contribution < -0.4 is 10.4 Å². The Morgan fingerprint density at radius 1 is 0.875 bits per heavy atom. The van der Waals surface area contributed by atoms with Gasteiger partial charge in [0.05, 0.1) is 24.4 Å². The van der Waals surface area contributed by atoms with Gasteiger partial charge in [0.1, 0.15) is 5.78 Å². The molecule has 0 aromatic heterocycles. The van der Waals surface area contributed by atoms with E-state index in [1.165, 1.54) is 10.4 Å². The first-order valence-corrected chi connectivity index (χ1v) is 20.2. The van der Waals surface area contributed by atoms with Gasteiger partial charge in [0.15, 0.2) is 11.6 Å². The molecule has 0 amide bonds. The van der Waals surface area contributed by atoms with Crippen LogP contribution in [-0.2, 0) is 28.2 Å². The Kier molecular flexibility index (Phi) is 13.5. The molecule has 0 aliphatic carbocycles. The molecule has 6 nitrogen and oxygen atoms in total. The van der Waals surface area contributed by atoms with E-state index in [0.717, 1.165) is 44.9 Å². The van der Waals surface area contributed by atoms with E-state index in [2.05, 4.69) is 94.9 Å². The summed E-state index contributed by atoms with van der Waals surface area (Å²) in [6, 6.07) is 21.5. The molecule has 0 unspecified atom stereocenters. The predicted octanol–water partition coefficient (Wildman–Crippen LogP) is 8.51. The predicted molar refractivity (Wildman–Crippen MR) is 197 cm³/mol. The highest BCUT2D eigenvalue weighted by Gasteiger charge is 2.51. The average molecular weight is 679 g/mol. The highest BCUT2D eigenvalue weighted by Crippen LogP contribution is 2.39. The summed E-state index contributed by atoms with van der Waals surface area (Å²) in [5, 5.41) is 2.45. The zero-order chi connectivity index (χ0) is 35.0. The quantitative estimate of drug-likeness (QED) is 0.0950. The Bertz CT molecular complexity index is 1250. The maximum absolute atomic E-state index is 13.1. The van der Waals surface area contributed by atoms with Crippen molar-refractivity contribution in [1.29, 1.82) is 0 Å². The fourth-order valence-electron chi connectivity index (χ4n) is 7.72. The molecule has 2 aromatic rings. The first-order chi connectivity index (χ1) is 22.7. The lowest BCUT2D eigenvalue weighted by atomic mass is 9.91. The average Bonchev–Trinajstić information content (AvgIpc) is 3.34. The van der Waals surface area contributed by atoms with Crippen LogP contribution in [0.15, 0.2) is 73.3 Å². The lowest BCUT2D eigenvalue weighted by molar-refractivity contribution is -0.301. The van der Waals surface area contributed by atoms with E-state index < -0.39 is 19.9 Å². The molecule has 266 valence electrons. The number of carbonyl (C=O) groups excluding carboxylic acids is 1. The van der Waals surface area contributed by atoms with Crippen LogP contribution in [0.3, 0.4) is 0 Å². The van der Waals surface area contributed by atoms with Gasteiger partial charge >= 0.3 is 0 Å². The number of Topliss-reactive ketones (excluding diaryl/α,β-unsaturated/α-hetero) is 1. The van der Waals surface area contributed by atoms with Crippen molar-refractivity contribution in [2.24, 2.45) is 5.92 Å². The molecular formula is C41H62O6Si. The van der Waals surface area contributed by atoms with Crippen LogP contribution in [0.5, 0.6) is 0 Å². The minimum Gasteiger partial charge on any atom is -0.407 e. The molecule has 5 atom stereocenters. The van der Waals surface area contributed by atoms with E-state index in [-0.39, 0.29) is 41.2 Å². The van der Waals surface area contributed by atoms with E-state index in [9.17, 15) is 4.79 Å². The summed E-state index contributed by atoms with van der Waals surface area (Å²) in [7, 11) is -2.65. The molecule has 7 heteroatoms. The number of ether oxygens (including phenoxy) is 4. The molecule has 4 rings (SSSR count). The van der Waals surface area contributed by atoms with Crippen molar-refractivity contribution in [3.05, 3.63) is 73.3 Å². The number of hydrogen-bond donors (Lipinski definition) is 0. The molecule has 2 heterocycles. The van der Waals surface area contributed by atoms with Crippen LogP contribution in [0.1, 0.15) is 113 Å². The molecule has 2 aliphatic rings. The highest BCUT2D eigenvalue weighted by atomic mass is 28.4. The third-order valence-corrected chi connectivity index (χ3v) is 14.9. The van der Waals surface area contributed by atoms with Crippen molar-refractivity contribution in [3.63, 3.8) is 0 Å². The summed E-state index contributed by atoms with van der Waals surface area (Å²) >= 11 is 0. The highest BCUT2D eigenvalue weighted by molar-refractivity contribution is 6.99. The van der Waals surface area contributed by atoms with E-state index in [1.807, 2.05) is 33.8 Å². The second-order valence-electron chi connectivity index (χ2n) is 15.9. The van der Waals surface area contributed by atoms with Crippen LogP contribution in [0.25, 0.3) is 0 Å². The van der Waals surface area contributed by atoms with Crippen molar-refractivity contribution in [1.82, 2.24) is 0 Å². The number of rotatable bonds is 17. The Morgan fingerprint density at radius 2 is 1.44 bits per heavy atom. The summed E-state index contributed by atoms with van der Waals surface area (Å²) in [5.74, 6) is -0.855. The van der Waals surface area contributed by atoms with Gasteiger partial charge in [-0.1, -0.05) is 94.4 Å². The Labute approximate surface area is 292 Å². The molecule has 2 saturated heterocycles. The van der Waals surface area contributed by atoms with Gasteiger partial charge < -0.3 is 23.4 Å². The summed E-state index contributed by atoms with van der Waals surface area (Å²) < 4.78 is 32.5. The Morgan fingerprint density at radius 3 is 2.00 bits per heavy atom. The van der Waals surface area contributed by atoms with Crippen molar-refractivity contribution in [2.45, 2.75) is 154 Å². The summed E-state index contributed by atoms with van der Waals surface area (Å²) in [6.45, 7) is 21.4. The number of allylic oxidation sites excluding steroid dienone is 1. The Balaban J connectivity index is 1.35. The van der Waals surface area contributed by atoms with Crippen LogP contribution in [0.2, 0.25) is 5.04 Å². The molecule has 2 fully saturated rings. The van der Waals surface area contributed by atoms with E-state index in [4.69, 9.17) is 23.4 Å². The Hall–Kier alpha value is -2.13. The second kappa shape index (κ2) is 16.7. The van der Waals surface area contributed by atoms with Gasteiger partial charge in [-0.05, 0) is 87.5 Å². The van der Waals surface area contributed by atoms with E-state index >= 15 is 0 Å². The SMILES string of the molecule is C=CCCC[C@H]1C[C@H](CCC(=O)CC[C@@H](C)[C@H]2OC(C)(C)O[C@@H]2CCO[Si](c2ccccc2)(c2ccccc2)C(C)(C)C)OC(C)(C)O1. The van der Waals surface area contributed by atoms with Gasteiger partial charge in [-0.15, -0.1) is 6.58 Å². The lowest BCUT2D eigenvalue weighted by Gasteiger charge is -2.43. The second-order valence-corrected chi connectivity index (χ2v) is 20.2. The topological polar surface area (TPSA) is 63.2 Å². The van der Waals surface area contributed by atoms with Crippen molar-refractivity contribution in [2.75, 3.05) is 6.61 Å². The molecule has 0 saturated carbocycles. The standard InChI is InChI=1S/C41H62O6Si/c1-10-11-14-19-33-30-34(45-40(6,7)44-33)27-26-32(42)25-24-31(2)38-37(46-41(8,9)47-38)28-29-43-48(39(3,4)5,35-20-15-12-16-21-35)36-22-17-13-18-23-36/h10,12-13,15-18,20-23,31,33-34,37-38H,1,11,14,19,24-30H2,2-9H3/t31-,33+,34+,37-,38-/m1/s1. The molecule has 48 heavy (non-hydrogen) atoms. The van der Waals surface area contributed by atoms with Gasteiger partial charge in [0.2, 0.25) is 0 Å². The summed E-state index contributed by atoms with van der Waals surface area (Å²) in [5.41, 5.74) is 0. The van der Waals surface area contributed by atoms with Gasteiger partial charge in [-0.2, -0.15) is 0 Å². The van der Waals surface area contributed by atoms with Crippen LogP contribution in [0, 0.1) is 5.92 Å². The van der Waals surface area contributed by atoms with Gasteiger partial charge in [-0.25, -0.2) is 0 Å². The molecule has 2 aromatic carbocycles. The van der Waals surface area contributed by atoms with Crippen LogP contribution in [0.4, 0.5) is 0 Å². The fourth-order valence-corrected chi connectivity index (χ4v) is 12.3. The van der Waals surface area contributed by atoms with Crippen molar-refractivity contribution < 1.29 is 28.2 Å². The van der Waals surface area contributed by atoms with Crippen LogP contribution in [-0.4, -0.2) is 56.7 Å². The molecule has 0 bridgehead atoms. The molecule has 0 radical (unpaired) electrons. The number of carbonyl (C=O) groups is 1. The largest absolute Gasteiger partial charge is 0.407 e. The molecule has 2 aliphatic heterocycles. The summed E-state index contributed by atoms with van der Waals surface area (Å²) in [6.07, 6.45) is 9.09. The fraction of sp³-hybridized carbons (Fsp3) is 0.634. The zero-order valence-electron chi connectivity index (χ0n) is 31.0. The first kappa shape index (κ1) is 38.7. The monoisotopic (exact) mass is 678 g/mol. The lowest BCUT2D eigenvalue weighted by Crippen LogP contribution is -2.66. The molecular weight excluding hydrogens is 617 g/mol. The minimum atomic E-state index is -2.65. The van der Waals surface area contributed by atoms with Crippen molar-refractivity contribution >= 4 is 24.5 Å². The number of ketones is 1. The van der Waals surface area contributed by atoms with Crippen molar-refractivity contribution in [3.8, 4) is 0 Å². The zero-order valence-corrected chi connectivity index (χ0v) is 32.0.